The number of hydrogen-bond donors (Lipinski definition) is 1. The first kappa shape index (κ1) is 10.7. The van der Waals surface area contributed by atoms with Gasteiger partial charge in [-0.1, -0.05) is 23.7 Å². The Kier molecular flexibility index (Phi) is 2.92. The molecule has 0 saturated carbocycles. The zero-order valence-electron chi connectivity index (χ0n) is 8.53. The summed E-state index contributed by atoms with van der Waals surface area (Å²) in [5.74, 6) is -0.442. The Morgan fingerprint density at radius 1 is 1.38 bits per heavy atom. The molecule has 16 heavy (non-hydrogen) atoms. The number of ether oxygens (including phenoxy) is 1. The molecule has 0 radical (unpaired) electrons. The van der Waals surface area contributed by atoms with Crippen LogP contribution in [0.1, 0.15) is 10.5 Å². The predicted octanol–water partition coefficient (Wildman–Crippen LogP) is 2.52. The Bertz CT molecular complexity index is 505. The van der Waals surface area contributed by atoms with Crippen molar-refractivity contribution in [3.63, 3.8) is 0 Å². The van der Waals surface area contributed by atoms with Gasteiger partial charge in [-0.15, -0.1) is 0 Å². The van der Waals surface area contributed by atoms with Crippen molar-refractivity contribution in [1.29, 1.82) is 0 Å². The maximum Gasteiger partial charge on any atom is 0.356 e. The summed E-state index contributed by atoms with van der Waals surface area (Å²) >= 11 is 5.79. The van der Waals surface area contributed by atoms with Gasteiger partial charge in [-0.05, 0) is 17.7 Å². The minimum absolute atomic E-state index is 0.338. The van der Waals surface area contributed by atoms with E-state index < -0.39 is 5.97 Å². The second kappa shape index (κ2) is 4.37. The van der Waals surface area contributed by atoms with E-state index in [1.54, 1.807) is 18.3 Å². The molecule has 0 amide bonds. The molecule has 4 nitrogen and oxygen atoms in total. The van der Waals surface area contributed by atoms with Crippen LogP contribution in [0.3, 0.4) is 0 Å². The predicted molar refractivity (Wildman–Crippen MR) is 60.4 cm³/mol. The highest BCUT2D eigenvalue weighted by Gasteiger charge is 2.15. The van der Waals surface area contributed by atoms with Gasteiger partial charge in [0.2, 0.25) is 0 Å². The van der Waals surface area contributed by atoms with Crippen LogP contribution in [-0.4, -0.2) is 23.3 Å². The Labute approximate surface area is 97.2 Å². The highest BCUT2D eigenvalue weighted by molar-refractivity contribution is 6.30. The van der Waals surface area contributed by atoms with E-state index in [1.807, 2.05) is 12.1 Å². The van der Waals surface area contributed by atoms with E-state index in [0.717, 1.165) is 5.56 Å². The SMILES string of the molecule is COC(=O)c1[nH]ncc1-c1ccc(Cl)cc1. The third-order valence-electron chi connectivity index (χ3n) is 2.18. The van der Waals surface area contributed by atoms with Crippen molar-refractivity contribution >= 4 is 17.6 Å². The first-order valence-corrected chi connectivity index (χ1v) is 4.98. The van der Waals surface area contributed by atoms with Crippen LogP contribution in [0.2, 0.25) is 5.02 Å². The van der Waals surface area contributed by atoms with Gasteiger partial charge in [0.15, 0.2) is 5.69 Å². The second-order valence-electron chi connectivity index (χ2n) is 3.16. The zero-order chi connectivity index (χ0) is 11.5. The van der Waals surface area contributed by atoms with Crippen LogP contribution in [0, 0.1) is 0 Å². The minimum atomic E-state index is -0.442. The molecule has 0 saturated heterocycles. The van der Waals surface area contributed by atoms with Crippen molar-refractivity contribution < 1.29 is 9.53 Å². The fourth-order valence-corrected chi connectivity index (χ4v) is 1.52. The first-order valence-electron chi connectivity index (χ1n) is 4.60. The van der Waals surface area contributed by atoms with Crippen LogP contribution >= 0.6 is 11.6 Å². The van der Waals surface area contributed by atoms with E-state index in [4.69, 9.17) is 11.6 Å². The number of esters is 1. The monoisotopic (exact) mass is 236 g/mol. The van der Waals surface area contributed by atoms with Gasteiger partial charge in [-0.25, -0.2) is 4.79 Å². The number of carbonyl (C=O) groups is 1. The molecule has 1 N–H and O–H groups in total. The van der Waals surface area contributed by atoms with E-state index in [1.165, 1.54) is 7.11 Å². The maximum atomic E-state index is 11.4. The van der Waals surface area contributed by atoms with Crippen LogP contribution in [0.25, 0.3) is 11.1 Å². The molecule has 82 valence electrons. The van der Waals surface area contributed by atoms with Gasteiger partial charge in [0.05, 0.1) is 13.3 Å². The molecule has 0 bridgehead atoms. The molecule has 0 aliphatic heterocycles. The van der Waals surface area contributed by atoms with Crippen molar-refractivity contribution in [1.82, 2.24) is 10.2 Å². The van der Waals surface area contributed by atoms with Crippen LogP contribution < -0.4 is 0 Å². The van der Waals surface area contributed by atoms with Gasteiger partial charge in [-0.2, -0.15) is 5.10 Å². The molecule has 0 fully saturated rings. The summed E-state index contributed by atoms with van der Waals surface area (Å²) < 4.78 is 4.64. The molecule has 2 aromatic rings. The third kappa shape index (κ3) is 1.92. The highest BCUT2D eigenvalue weighted by Crippen LogP contribution is 2.23. The number of H-pyrrole nitrogens is 1. The Hall–Kier alpha value is -1.81. The number of halogens is 1. The largest absolute Gasteiger partial charge is 0.464 e. The number of benzene rings is 1. The Morgan fingerprint density at radius 3 is 2.69 bits per heavy atom. The van der Waals surface area contributed by atoms with Crippen molar-refractivity contribution in [2.45, 2.75) is 0 Å². The van der Waals surface area contributed by atoms with Gasteiger partial charge in [0.1, 0.15) is 0 Å². The number of hydrogen-bond acceptors (Lipinski definition) is 3. The van der Waals surface area contributed by atoms with Gasteiger partial charge in [-0.3, -0.25) is 5.10 Å². The fourth-order valence-electron chi connectivity index (χ4n) is 1.39. The molecular weight excluding hydrogens is 228 g/mol. The quantitative estimate of drug-likeness (QED) is 0.816. The number of nitrogens with zero attached hydrogens (tertiary/aromatic N) is 1. The van der Waals surface area contributed by atoms with E-state index in [0.29, 0.717) is 16.3 Å². The van der Waals surface area contributed by atoms with Gasteiger partial charge >= 0.3 is 5.97 Å². The van der Waals surface area contributed by atoms with Crippen molar-refractivity contribution in [2.75, 3.05) is 7.11 Å². The highest BCUT2D eigenvalue weighted by atomic mass is 35.5. The lowest BCUT2D eigenvalue weighted by molar-refractivity contribution is 0.0595. The van der Waals surface area contributed by atoms with E-state index in [9.17, 15) is 4.79 Å². The smallest absolute Gasteiger partial charge is 0.356 e. The third-order valence-corrected chi connectivity index (χ3v) is 2.44. The lowest BCUT2D eigenvalue weighted by atomic mass is 10.1. The van der Waals surface area contributed by atoms with E-state index >= 15 is 0 Å². The normalized spacial score (nSPS) is 10.1. The zero-order valence-corrected chi connectivity index (χ0v) is 9.28. The Morgan fingerprint density at radius 2 is 2.06 bits per heavy atom. The van der Waals surface area contributed by atoms with Crippen molar-refractivity contribution in [3.05, 3.63) is 41.2 Å². The summed E-state index contributed by atoms with van der Waals surface area (Å²) in [5, 5.41) is 7.09. The standard InChI is InChI=1S/C11H9ClN2O2/c1-16-11(15)10-9(6-13-14-10)7-2-4-8(12)5-3-7/h2-6H,1H3,(H,13,14). The van der Waals surface area contributed by atoms with E-state index in [-0.39, 0.29) is 0 Å². The molecule has 0 spiro atoms. The first-order chi connectivity index (χ1) is 7.72. The molecule has 1 aromatic carbocycles. The molecule has 0 atom stereocenters. The molecule has 0 aliphatic rings. The molecule has 1 heterocycles. The van der Waals surface area contributed by atoms with Crippen LogP contribution in [0.5, 0.6) is 0 Å². The lowest BCUT2D eigenvalue weighted by Crippen LogP contribution is -2.03. The second-order valence-corrected chi connectivity index (χ2v) is 3.59. The fraction of sp³-hybridized carbons (Fsp3) is 0.0909. The minimum Gasteiger partial charge on any atom is -0.464 e. The summed E-state index contributed by atoms with van der Waals surface area (Å²) in [6, 6.07) is 7.15. The maximum absolute atomic E-state index is 11.4. The average molecular weight is 237 g/mol. The van der Waals surface area contributed by atoms with Crippen LogP contribution in [0.4, 0.5) is 0 Å². The van der Waals surface area contributed by atoms with Gasteiger partial charge < -0.3 is 4.74 Å². The number of aromatic amines is 1. The van der Waals surface area contributed by atoms with E-state index in [2.05, 4.69) is 14.9 Å². The number of nitrogens with one attached hydrogen (secondary N) is 1. The number of rotatable bonds is 2. The molecule has 5 heteroatoms. The number of methoxy groups -OCH3 is 1. The number of aromatic nitrogens is 2. The summed E-state index contributed by atoms with van der Waals surface area (Å²) in [5.41, 5.74) is 1.90. The topological polar surface area (TPSA) is 55.0 Å². The molecular formula is C11H9ClN2O2. The van der Waals surface area contributed by atoms with Crippen LogP contribution in [0.15, 0.2) is 30.5 Å². The lowest BCUT2D eigenvalue weighted by Gasteiger charge is -2.01. The van der Waals surface area contributed by atoms with Gasteiger partial charge in [0, 0.05) is 10.6 Å². The summed E-state index contributed by atoms with van der Waals surface area (Å²) in [4.78, 5) is 11.4. The average Bonchev–Trinajstić information content (AvgIpc) is 2.78. The molecule has 0 unspecified atom stereocenters. The summed E-state index contributed by atoms with van der Waals surface area (Å²) in [7, 11) is 1.33. The Balaban J connectivity index is 2.44. The number of carbonyl (C=O) groups excluding carboxylic acids is 1. The van der Waals surface area contributed by atoms with Crippen molar-refractivity contribution in [2.24, 2.45) is 0 Å². The van der Waals surface area contributed by atoms with Crippen LogP contribution in [-0.2, 0) is 4.74 Å². The summed E-state index contributed by atoms with van der Waals surface area (Å²) in [6.45, 7) is 0. The van der Waals surface area contributed by atoms with Gasteiger partial charge in [0.25, 0.3) is 0 Å². The summed E-state index contributed by atoms with van der Waals surface area (Å²) in [6.07, 6.45) is 1.58. The molecule has 0 aliphatic carbocycles. The van der Waals surface area contributed by atoms with Crippen molar-refractivity contribution in [3.8, 4) is 11.1 Å². The molecule has 1 aromatic heterocycles. The molecule has 2 rings (SSSR count).